The first-order valence-corrected chi connectivity index (χ1v) is 11.9. The van der Waals surface area contributed by atoms with E-state index in [-0.39, 0.29) is 17.0 Å². The number of hydrogen-bond acceptors (Lipinski definition) is 2. The molecule has 1 aliphatic carbocycles. The molecule has 0 spiro atoms. The van der Waals surface area contributed by atoms with Crippen molar-refractivity contribution in [3.05, 3.63) is 52.8 Å². The molecule has 3 rings (SSSR count). The highest BCUT2D eigenvalue weighted by atomic mass is 31.2. The van der Waals surface area contributed by atoms with E-state index < -0.39 is 7.60 Å². The second-order valence-electron chi connectivity index (χ2n) is 8.24. The summed E-state index contributed by atoms with van der Waals surface area (Å²) in [7, 11) is -4.33. The summed E-state index contributed by atoms with van der Waals surface area (Å²) in [5.41, 5.74) is 1.96. The van der Waals surface area contributed by atoms with E-state index in [1.165, 1.54) is 43.9 Å². The van der Waals surface area contributed by atoms with Crippen molar-refractivity contribution in [2.75, 3.05) is 0 Å². The number of hydrogen-bond donors (Lipinski definition) is 2. The van der Waals surface area contributed by atoms with Gasteiger partial charge in [-0.25, -0.2) is 4.39 Å². The molecule has 0 heterocycles. The molecular formula is C23H30FO4P. The van der Waals surface area contributed by atoms with Crippen molar-refractivity contribution in [3.63, 3.8) is 0 Å². The van der Waals surface area contributed by atoms with Gasteiger partial charge in [0.15, 0.2) is 0 Å². The van der Waals surface area contributed by atoms with Crippen molar-refractivity contribution in [3.8, 4) is 11.5 Å². The Morgan fingerprint density at radius 2 is 1.69 bits per heavy atom. The SMILES string of the molecule is CCCC1CCC(c2ccc(Oc3c(C)cc(P(=O)(O)O)cc3C)cc2F)CC1. The summed E-state index contributed by atoms with van der Waals surface area (Å²) in [6.45, 7) is 5.66. The molecule has 2 aromatic rings. The van der Waals surface area contributed by atoms with E-state index in [1.807, 2.05) is 6.07 Å². The normalized spacial score (nSPS) is 19.9. The maximum Gasteiger partial charge on any atom is 0.356 e. The fraction of sp³-hybridized carbons (Fsp3) is 0.478. The van der Waals surface area contributed by atoms with Crippen LogP contribution in [0.4, 0.5) is 4.39 Å². The molecule has 2 aromatic carbocycles. The molecule has 1 fully saturated rings. The third kappa shape index (κ3) is 5.28. The molecular weight excluding hydrogens is 390 g/mol. The summed E-state index contributed by atoms with van der Waals surface area (Å²) in [5, 5.41) is -0.0416. The van der Waals surface area contributed by atoms with E-state index in [1.54, 1.807) is 19.9 Å². The van der Waals surface area contributed by atoms with Gasteiger partial charge in [0.25, 0.3) is 0 Å². The third-order valence-electron chi connectivity index (χ3n) is 5.96. The summed E-state index contributed by atoms with van der Waals surface area (Å²) in [5.74, 6) is 1.69. The van der Waals surface area contributed by atoms with E-state index in [0.717, 1.165) is 24.3 Å². The minimum atomic E-state index is -4.33. The molecule has 0 unspecified atom stereocenters. The molecule has 0 bridgehead atoms. The van der Waals surface area contributed by atoms with Crippen LogP contribution in [0.5, 0.6) is 11.5 Å². The average molecular weight is 420 g/mol. The molecule has 0 aliphatic heterocycles. The minimum Gasteiger partial charge on any atom is -0.457 e. The van der Waals surface area contributed by atoms with E-state index in [2.05, 4.69) is 6.92 Å². The quantitative estimate of drug-likeness (QED) is 0.553. The van der Waals surface area contributed by atoms with Crippen molar-refractivity contribution in [1.82, 2.24) is 0 Å². The summed E-state index contributed by atoms with van der Waals surface area (Å²) >= 11 is 0. The van der Waals surface area contributed by atoms with Crippen LogP contribution in [0, 0.1) is 25.6 Å². The van der Waals surface area contributed by atoms with Gasteiger partial charge in [0.2, 0.25) is 0 Å². The van der Waals surface area contributed by atoms with Gasteiger partial charge >= 0.3 is 7.60 Å². The van der Waals surface area contributed by atoms with Crippen LogP contribution in [0.1, 0.15) is 68.1 Å². The van der Waals surface area contributed by atoms with Crippen molar-refractivity contribution >= 4 is 12.9 Å². The summed E-state index contributed by atoms with van der Waals surface area (Å²) in [4.78, 5) is 18.8. The zero-order valence-corrected chi connectivity index (χ0v) is 18.2. The van der Waals surface area contributed by atoms with Crippen LogP contribution < -0.4 is 10.0 Å². The predicted octanol–water partition coefficient (Wildman–Crippen LogP) is 6.11. The van der Waals surface area contributed by atoms with Crippen LogP contribution in [-0.2, 0) is 4.57 Å². The molecule has 0 radical (unpaired) electrons. The van der Waals surface area contributed by atoms with Gasteiger partial charge in [-0.3, -0.25) is 4.57 Å². The molecule has 1 saturated carbocycles. The topological polar surface area (TPSA) is 66.8 Å². The smallest absolute Gasteiger partial charge is 0.356 e. The standard InChI is InChI=1S/C23H30FO4P/c1-4-5-17-6-8-18(9-7-17)21-11-10-19(14-22(21)24)28-23-15(2)12-20(13-16(23)3)29(25,26)27/h10-14,17-18H,4-9H2,1-3H3,(H2,25,26,27). The first kappa shape index (κ1) is 22.0. The van der Waals surface area contributed by atoms with Crippen LogP contribution in [0.2, 0.25) is 0 Å². The number of rotatable bonds is 6. The molecule has 6 heteroatoms. The zero-order valence-electron chi connectivity index (χ0n) is 17.3. The van der Waals surface area contributed by atoms with Gasteiger partial charge in [0.1, 0.15) is 17.3 Å². The molecule has 0 amide bonds. The van der Waals surface area contributed by atoms with Crippen molar-refractivity contribution in [1.29, 1.82) is 0 Å². The average Bonchev–Trinajstić information content (AvgIpc) is 2.65. The van der Waals surface area contributed by atoms with Crippen molar-refractivity contribution < 1.29 is 23.5 Å². The lowest BCUT2D eigenvalue weighted by Gasteiger charge is -2.29. The molecule has 29 heavy (non-hydrogen) atoms. The molecule has 158 valence electrons. The van der Waals surface area contributed by atoms with Crippen LogP contribution >= 0.6 is 7.60 Å². The van der Waals surface area contributed by atoms with Gasteiger partial charge in [-0.15, -0.1) is 0 Å². The van der Waals surface area contributed by atoms with E-state index >= 15 is 0 Å². The number of aryl methyl sites for hydroxylation is 2. The molecule has 1 aliphatic rings. The first-order chi connectivity index (χ1) is 13.7. The Balaban J connectivity index is 1.76. The lowest BCUT2D eigenvalue weighted by molar-refractivity contribution is 0.304. The van der Waals surface area contributed by atoms with Crippen LogP contribution in [0.15, 0.2) is 30.3 Å². The van der Waals surface area contributed by atoms with Gasteiger partial charge in [-0.1, -0.05) is 25.8 Å². The number of ether oxygens (including phenoxy) is 1. The van der Waals surface area contributed by atoms with Gasteiger partial charge in [0, 0.05) is 6.07 Å². The van der Waals surface area contributed by atoms with E-state index in [4.69, 9.17) is 4.74 Å². The van der Waals surface area contributed by atoms with Gasteiger partial charge in [-0.05, 0) is 86.3 Å². The monoisotopic (exact) mass is 420 g/mol. The lowest BCUT2D eigenvalue weighted by atomic mass is 9.77. The molecule has 4 nitrogen and oxygen atoms in total. The molecule has 0 aromatic heterocycles. The van der Waals surface area contributed by atoms with Crippen LogP contribution in [-0.4, -0.2) is 9.79 Å². The van der Waals surface area contributed by atoms with Gasteiger partial charge in [-0.2, -0.15) is 0 Å². The highest BCUT2D eigenvalue weighted by molar-refractivity contribution is 7.60. The Morgan fingerprint density at radius 1 is 1.07 bits per heavy atom. The Labute approximate surface area is 172 Å². The van der Waals surface area contributed by atoms with Gasteiger partial charge in [0.05, 0.1) is 5.30 Å². The maximum absolute atomic E-state index is 14.8. The minimum absolute atomic E-state index is 0.0416. The second kappa shape index (κ2) is 8.99. The van der Waals surface area contributed by atoms with Crippen LogP contribution in [0.3, 0.4) is 0 Å². The van der Waals surface area contributed by atoms with E-state index in [9.17, 15) is 18.7 Å². The van der Waals surface area contributed by atoms with Crippen LogP contribution in [0.25, 0.3) is 0 Å². The molecule has 0 atom stereocenters. The fourth-order valence-corrected chi connectivity index (χ4v) is 5.17. The predicted molar refractivity (Wildman–Crippen MR) is 114 cm³/mol. The second-order valence-corrected chi connectivity index (χ2v) is 9.85. The number of halogens is 1. The van der Waals surface area contributed by atoms with Crippen molar-refractivity contribution in [2.24, 2.45) is 5.92 Å². The highest BCUT2D eigenvalue weighted by Crippen LogP contribution is 2.40. The molecule has 0 saturated heterocycles. The Kier molecular flexibility index (Phi) is 6.83. The van der Waals surface area contributed by atoms with E-state index in [0.29, 0.717) is 22.6 Å². The zero-order chi connectivity index (χ0) is 21.2. The fourth-order valence-electron chi connectivity index (χ4n) is 4.45. The lowest BCUT2D eigenvalue weighted by Crippen LogP contribution is -2.14. The largest absolute Gasteiger partial charge is 0.457 e. The molecule has 2 N–H and O–H groups in total. The Hall–Kier alpha value is -1.68. The first-order valence-electron chi connectivity index (χ1n) is 10.3. The summed E-state index contributed by atoms with van der Waals surface area (Å²) in [6, 6.07) is 7.87. The highest BCUT2D eigenvalue weighted by Gasteiger charge is 2.24. The van der Waals surface area contributed by atoms with Gasteiger partial charge < -0.3 is 14.5 Å². The maximum atomic E-state index is 14.8. The third-order valence-corrected chi connectivity index (χ3v) is 6.89. The summed E-state index contributed by atoms with van der Waals surface area (Å²) < 4.78 is 32.2. The Morgan fingerprint density at radius 3 is 2.21 bits per heavy atom. The number of benzene rings is 2. The summed E-state index contributed by atoms with van der Waals surface area (Å²) in [6.07, 6.45) is 6.87. The van der Waals surface area contributed by atoms with Crippen molar-refractivity contribution in [2.45, 2.75) is 65.2 Å². The Bertz CT molecular complexity index is 890.